The largest absolute Gasteiger partial charge is 0.466 e. The highest BCUT2D eigenvalue weighted by atomic mass is 35.5. The van der Waals surface area contributed by atoms with Crippen molar-refractivity contribution in [1.29, 1.82) is 0 Å². The predicted molar refractivity (Wildman–Crippen MR) is 49.5 cm³/mol. The molecule has 0 bridgehead atoms. The number of carbonyl (C=O) groups excluding carboxylic acids is 1. The molecule has 0 unspecified atom stereocenters. The molecule has 1 aromatic rings. The van der Waals surface area contributed by atoms with E-state index in [2.05, 4.69) is 9.72 Å². The average Bonchev–Trinajstić information content (AvgIpc) is 2.13. The minimum absolute atomic E-state index is 0.123. The van der Waals surface area contributed by atoms with E-state index in [4.69, 9.17) is 11.6 Å². The second kappa shape index (κ2) is 4.91. The zero-order valence-corrected chi connectivity index (χ0v) is 8.34. The van der Waals surface area contributed by atoms with Crippen LogP contribution >= 0.6 is 11.6 Å². The fraction of sp³-hybridized carbons (Fsp3) is 0.333. The molecule has 76 valence electrons. The van der Waals surface area contributed by atoms with Crippen LogP contribution < -0.4 is 0 Å². The van der Waals surface area contributed by atoms with E-state index in [9.17, 15) is 9.18 Å². The summed E-state index contributed by atoms with van der Waals surface area (Å²) in [6.45, 7) is 1.97. The van der Waals surface area contributed by atoms with Crippen molar-refractivity contribution in [3.05, 3.63) is 28.8 Å². The van der Waals surface area contributed by atoms with Crippen molar-refractivity contribution in [1.82, 2.24) is 4.98 Å². The molecular weight excluding hydrogens is 209 g/mol. The van der Waals surface area contributed by atoms with E-state index in [1.54, 1.807) is 6.92 Å². The second-order valence-corrected chi connectivity index (χ2v) is 2.91. The number of hydrogen-bond donors (Lipinski definition) is 0. The maximum Gasteiger partial charge on any atom is 0.310 e. The van der Waals surface area contributed by atoms with E-state index in [1.165, 1.54) is 12.3 Å². The van der Waals surface area contributed by atoms with Crippen molar-refractivity contribution >= 4 is 17.6 Å². The Bertz CT molecular complexity index is 344. The van der Waals surface area contributed by atoms with Crippen molar-refractivity contribution < 1.29 is 13.9 Å². The highest BCUT2D eigenvalue weighted by Crippen LogP contribution is 2.15. The average molecular weight is 218 g/mol. The van der Waals surface area contributed by atoms with Gasteiger partial charge in [0, 0.05) is 11.8 Å². The van der Waals surface area contributed by atoms with Gasteiger partial charge in [0.15, 0.2) is 11.0 Å². The molecule has 0 aliphatic heterocycles. The van der Waals surface area contributed by atoms with Gasteiger partial charge in [0.25, 0.3) is 0 Å². The Morgan fingerprint density at radius 2 is 2.43 bits per heavy atom. The van der Waals surface area contributed by atoms with Crippen LogP contribution in [0.15, 0.2) is 12.3 Å². The van der Waals surface area contributed by atoms with Gasteiger partial charge in [-0.15, -0.1) is 0 Å². The van der Waals surface area contributed by atoms with Crippen molar-refractivity contribution in [2.75, 3.05) is 6.61 Å². The summed E-state index contributed by atoms with van der Waals surface area (Å²) in [7, 11) is 0. The van der Waals surface area contributed by atoms with Gasteiger partial charge in [-0.2, -0.15) is 0 Å². The molecule has 5 heteroatoms. The number of nitrogens with zero attached hydrogens (tertiary/aromatic N) is 1. The van der Waals surface area contributed by atoms with E-state index >= 15 is 0 Å². The van der Waals surface area contributed by atoms with E-state index in [0.29, 0.717) is 0 Å². The van der Waals surface area contributed by atoms with Crippen LogP contribution in [0.5, 0.6) is 0 Å². The Labute approximate surface area is 85.9 Å². The number of hydrogen-bond acceptors (Lipinski definition) is 3. The number of carbonyl (C=O) groups is 1. The third-order valence-electron chi connectivity index (χ3n) is 1.57. The van der Waals surface area contributed by atoms with Gasteiger partial charge in [0.1, 0.15) is 0 Å². The molecule has 3 nitrogen and oxygen atoms in total. The molecule has 0 fully saturated rings. The molecule has 1 heterocycles. The number of aromatic nitrogens is 1. The molecule has 0 saturated carbocycles. The highest BCUT2D eigenvalue weighted by Gasteiger charge is 2.11. The van der Waals surface area contributed by atoms with Crippen molar-refractivity contribution in [2.45, 2.75) is 13.3 Å². The molecule has 14 heavy (non-hydrogen) atoms. The van der Waals surface area contributed by atoms with Crippen LogP contribution in [-0.4, -0.2) is 17.6 Å². The molecule has 0 aliphatic carbocycles. The molecular formula is C9H9ClFNO2. The first-order valence-corrected chi connectivity index (χ1v) is 4.47. The summed E-state index contributed by atoms with van der Waals surface area (Å²) in [5.41, 5.74) is 0.198. The minimum Gasteiger partial charge on any atom is -0.466 e. The van der Waals surface area contributed by atoms with Gasteiger partial charge in [-0.25, -0.2) is 9.37 Å². The van der Waals surface area contributed by atoms with E-state index in [1.807, 2.05) is 0 Å². The smallest absolute Gasteiger partial charge is 0.310 e. The van der Waals surface area contributed by atoms with Gasteiger partial charge < -0.3 is 4.74 Å². The molecule has 1 rings (SSSR count). The molecule has 0 aliphatic rings. The van der Waals surface area contributed by atoms with Gasteiger partial charge in [0.2, 0.25) is 0 Å². The van der Waals surface area contributed by atoms with Crippen LogP contribution in [0.2, 0.25) is 5.15 Å². The van der Waals surface area contributed by atoms with E-state index in [-0.39, 0.29) is 23.7 Å². The molecule has 0 radical (unpaired) electrons. The first kappa shape index (κ1) is 10.9. The van der Waals surface area contributed by atoms with Gasteiger partial charge >= 0.3 is 5.97 Å². The summed E-state index contributed by atoms with van der Waals surface area (Å²) in [5.74, 6) is -1.14. The van der Waals surface area contributed by atoms with Gasteiger partial charge in [-0.3, -0.25) is 4.79 Å². The first-order valence-electron chi connectivity index (χ1n) is 4.09. The monoisotopic (exact) mass is 217 g/mol. The summed E-state index contributed by atoms with van der Waals surface area (Å²) in [5, 5.41) is -0.230. The Balaban J connectivity index is 2.76. The molecule has 0 atom stereocenters. The number of rotatable bonds is 3. The Kier molecular flexibility index (Phi) is 3.83. The highest BCUT2D eigenvalue weighted by molar-refractivity contribution is 6.29. The van der Waals surface area contributed by atoms with Crippen molar-refractivity contribution in [3.63, 3.8) is 0 Å². The van der Waals surface area contributed by atoms with Crippen LogP contribution in [0.4, 0.5) is 4.39 Å². The fourth-order valence-corrected chi connectivity index (χ4v) is 1.14. The van der Waals surface area contributed by atoms with Crippen LogP contribution in [0.25, 0.3) is 0 Å². The molecule has 0 aromatic carbocycles. The second-order valence-electron chi connectivity index (χ2n) is 2.56. The summed E-state index contributed by atoms with van der Waals surface area (Å²) in [6.07, 6.45) is 1.22. The molecule has 0 spiro atoms. The first-order chi connectivity index (χ1) is 6.65. The number of halogens is 2. The molecule has 0 amide bonds. The van der Waals surface area contributed by atoms with Gasteiger partial charge in [-0.05, 0) is 13.0 Å². The zero-order valence-electron chi connectivity index (χ0n) is 7.59. The summed E-state index contributed by atoms with van der Waals surface area (Å²) in [6, 6.07) is 1.40. The molecule has 0 saturated heterocycles. The topological polar surface area (TPSA) is 39.2 Å². The third kappa shape index (κ3) is 2.67. The Morgan fingerprint density at radius 1 is 1.71 bits per heavy atom. The summed E-state index contributed by atoms with van der Waals surface area (Å²) < 4.78 is 17.9. The minimum atomic E-state index is -0.665. The lowest BCUT2D eigenvalue weighted by molar-refractivity contribution is -0.142. The lowest BCUT2D eigenvalue weighted by atomic mass is 10.2. The summed E-state index contributed by atoms with van der Waals surface area (Å²) >= 11 is 5.44. The maximum absolute atomic E-state index is 13.2. The van der Waals surface area contributed by atoms with E-state index < -0.39 is 11.8 Å². The fourth-order valence-electron chi connectivity index (χ4n) is 0.959. The zero-order chi connectivity index (χ0) is 10.6. The standard InChI is InChI=1S/C9H9ClFNO2/c1-2-14-7(13)5-6-3-4-12-9(10)8(6)11/h3-4H,2,5H2,1H3. The predicted octanol–water partition coefficient (Wildman–Crippen LogP) is 1.98. The maximum atomic E-state index is 13.2. The Morgan fingerprint density at radius 3 is 3.07 bits per heavy atom. The Hall–Kier alpha value is -1.16. The van der Waals surface area contributed by atoms with Crippen LogP contribution in [-0.2, 0) is 16.0 Å². The van der Waals surface area contributed by atoms with Crippen molar-refractivity contribution in [2.24, 2.45) is 0 Å². The summed E-state index contributed by atoms with van der Waals surface area (Å²) in [4.78, 5) is 14.6. The van der Waals surface area contributed by atoms with Gasteiger partial charge in [-0.1, -0.05) is 11.6 Å². The number of esters is 1. The number of ether oxygens (including phenoxy) is 1. The van der Waals surface area contributed by atoms with Crippen LogP contribution in [0.1, 0.15) is 12.5 Å². The SMILES string of the molecule is CCOC(=O)Cc1ccnc(Cl)c1F. The van der Waals surface area contributed by atoms with Gasteiger partial charge in [0.05, 0.1) is 13.0 Å². The number of pyridine rings is 1. The van der Waals surface area contributed by atoms with Crippen molar-refractivity contribution in [3.8, 4) is 0 Å². The van der Waals surface area contributed by atoms with E-state index in [0.717, 1.165) is 0 Å². The molecule has 0 N–H and O–H groups in total. The quantitative estimate of drug-likeness (QED) is 0.574. The lowest BCUT2D eigenvalue weighted by Gasteiger charge is -2.03. The van der Waals surface area contributed by atoms with Crippen LogP contribution in [0.3, 0.4) is 0 Å². The third-order valence-corrected chi connectivity index (χ3v) is 1.83. The lowest BCUT2D eigenvalue weighted by Crippen LogP contribution is -2.09. The normalized spacial score (nSPS) is 9.93. The molecule has 1 aromatic heterocycles. The van der Waals surface area contributed by atoms with Crippen LogP contribution in [0, 0.1) is 5.82 Å².